The normalized spacial score (nSPS) is 10.5. The number of hydrogen-bond donors (Lipinski definition) is 1. The van der Waals surface area contributed by atoms with Crippen LogP contribution in [0.4, 0.5) is 5.69 Å². The number of ether oxygens (including phenoxy) is 1. The van der Waals surface area contributed by atoms with Crippen molar-refractivity contribution in [2.75, 3.05) is 26.0 Å². The first-order valence-electron chi connectivity index (χ1n) is 7.91. The average Bonchev–Trinajstić information content (AvgIpc) is 2.61. The van der Waals surface area contributed by atoms with Crippen molar-refractivity contribution in [1.29, 1.82) is 0 Å². The summed E-state index contributed by atoms with van der Waals surface area (Å²) in [6, 6.07) is 14.9. The summed E-state index contributed by atoms with van der Waals surface area (Å²) in [4.78, 5) is 25.5. The number of likely N-dealkylation sites (N-methyl/N-ethyl adjacent to an activating group) is 1. The molecule has 0 heterocycles. The van der Waals surface area contributed by atoms with Gasteiger partial charge in [0.2, 0.25) is 11.8 Å². The van der Waals surface area contributed by atoms with Crippen LogP contribution in [0.5, 0.6) is 5.75 Å². The molecule has 130 valence electrons. The van der Waals surface area contributed by atoms with Gasteiger partial charge in [0.1, 0.15) is 5.75 Å². The molecule has 0 bridgehead atoms. The number of carbonyl (C=O) groups excluding carboxylic acids is 2. The molecule has 2 aromatic rings. The summed E-state index contributed by atoms with van der Waals surface area (Å²) in [7, 11) is 3.18. The van der Waals surface area contributed by atoms with Crippen LogP contribution in [0.25, 0.3) is 6.08 Å². The molecule has 0 aromatic heterocycles. The van der Waals surface area contributed by atoms with Gasteiger partial charge in [0.15, 0.2) is 0 Å². The predicted octanol–water partition coefficient (Wildman–Crippen LogP) is 3.11. The second-order valence-corrected chi connectivity index (χ2v) is 5.72. The van der Waals surface area contributed by atoms with Crippen molar-refractivity contribution in [2.45, 2.75) is 6.92 Å². The second-order valence-electron chi connectivity index (χ2n) is 5.72. The molecule has 1 N–H and O–H groups in total. The van der Waals surface area contributed by atoms with Crippen LogP contribution < -0.4 is 10.1 Å². The zero-order valence-electron chi connectivity index (χ0n) is 14.7. The van der Waals surface area contributed by atoms with Crippen LogP contribution in [0, 0.1) is 6.92 Å². The van der Waals surface area contributed by atoms with Crippen molar-refractivity contribution in [3.05, 3.63) is 65.7 Å². The van der Waals surface area contributed by atoms with Gasteiger partial charge in [-0.25, -0.2) is 0 Å². The van der Waals surface area contributed by atoms with E-state index in [2.05, 4.69) is 5.32 Å². The maximum Gasteiger partial charge on any atom is 0.246 e. The van der Waals surface area contributed by atoms with Crippen molar-refractivity contribution in [3.8, 4) is 5.75 Å². The number of amides is 2. The third-order valence-corrected chi connectivity index (χ3v) is 3.60. The lowest BCUT2D eigenvalue weighted by atomic mass is 10.2. The van der Waals surface area contributed by atoms with E-state index in [1.807, 2.05) is 55.5 Å². The van der Waals surface area contributed by atoms with Crippen LogP contribution in [0.2, 0.25) is 0 Å². The van der Waals surface area contributed by atoms with E-state index >= 15 is 0 Å². The van der Waals surface area contributed by atoms with Crippen molar-refractivity contribution in [1.82, 2.24) is 4.90 Å². The molecule has 5 nitrogen and oxygen atoms in total. The third kappa shape index (κ3) is 5.80. The van der Waals surface area contributed by atoms with E-state index in [4.69, 9.17) is 4.74 Å². The Labute approximate surface area is 147 Å². The van der Waals surface area contributed by atoms with Crippen LogP contribution in [0.3, 0.4) is 0 Å². The summed E-state index contributed by atoms with van der Waals surface area (Å²) in [5, 5.41) is 2.77. The molecule has 5 heteroatoms. The van der Waals surface area contributed by atoms with E-state index in [0.717, 1.165) is 16.9 Å². The van der Waals surface area contributed by atoms with Crippen LogP contribution in [-0.2, 0) is 9.59 Å². The highest BCUT2D eigenvalue weighted by atomic mass is 16.5. The molecule has 25 heavy (non-hydrogen) atoms. The quantitative estimate of drug-likeness (QED) is 0.823. The smallest absolute Gasteiger partial charge is 0.246 e. The fourth-order valence-corrected chi connectivity index (χ4v) is 2.17. The summed E-state index contributed by atoms with van der Waals surface area (Å²) >= 11 is 0. The van der Waals surface area contributed by atoms with Gasteiger partial charge in [-0.2, -0.15) is 0 Å². The fourth-order valence-electron chi connectivity index (χ4n) is 2.17. The molecule has 0 saturated carbocycles. The Balaban J connectivity index is 1.89. The molecule has 0 radical (unpaired) electrons. The lowest BCUT2D eigenvalue weighted by Crippen LogP contribution is -2.33. The van der Waals surface area contributed by atoms with E-state index in [9.17, 15) is 9.59 Å². The van der Waals surface area contributed by atoms with Gasteiger partial charge in [-0.05, 0) is 42.8 Å². The Morgan fingerprint density at radius 1 is 1.16 bits per heavy atom. The Hall–Kier alpha value is -3.08. The van der Waals surface area contributed by atoms with Crippen molar-refractivity contribution < 1.29 is 14.3 Å². The summed E-state index contributed by atoms with van der Waals surface area (Å²) in [6.45, 7) is 1.96. The first-order chi connectivity index (χ1) is 12.0. The van der Waals surface area contributed by atoms with Gasteiger partial charge in [-0.15, -0.1) is 0 Å². The molecule has 2 aromatic carbocycles. The lowest BCUT2D eigenvalue weighted by Gasteiger charge is -2.15. The average molecular weight is 338 g/mol. The summed E-state index contributed by atoms with van der Waals surface area (Å²) in [5.74, 6) is 0.233. The number of aryl methyl sites for hydroxylation is 1. The fraction of sp³-hybridized carbons (Fsp3) is 0.200. The van der Waals surface area contributed by atoms with Gasteiger partial charge >= 0.3 is 0 Å². The molecular weight excluding hydrogens is 316 g/mol. The van der Waals surface area contributed by atoms with E-state index in [0.29, 0.717) is 5.69 Å². The first-order valence-corrected chi connectivity index (χ1v) is 7.91. The molecule has 2 amide bonds. The molecule has 0 spiro atoms. The number of carbonyl (C=O) groups is 2. The molecular formula is C20H22N2O3. The topological polar surface area (TPSA) is 58.6 Å². The molecule has 2 rings (SSSR count). The Bertz CT molecular complexity index is 767. The predicted molar refractivity (Wildman–Crippen MR) is 99.5 cm³/mol. The minimum absolute atomic E-state index is 0.0187. The number of hydrogen-bond acceptors (Lipinski definition) is 3. The van der Waals surface area contributed by atoms with Gasteiger partial charge in [0.05, 0.1) is 13.7 Å². The van der Waals surface area contributed by atoms with Crippen molar-refractivity contribution in [2.24, 2.45) is 0 Å². The van der Waals surface area contributed by atoms with Gasteiger partial charge in [0, 0.05) is 18.8 Å². The molecule has 0 saturated heterocycles. The van der Waals surface area contributed by atoms with E-state index in [-0.39, 0.29) is 18.4 Å². The number of methoxy groups -OCH3 is 1. The van der Waals surface area contributed by atoms with E-state index in [1.54, 1.807) is 20.2 Å². The Kier molecular flexibility index (Phi) is 6.34. The Morgan fingerprint density at radius 3 is 2.56 bits per heavy atom. The highest BCUT2D eigenvalue weighted by Gasteiger charge is 2.10. The van der Waals surface area contributed by atoms with Gasteiger partial charge < -0.3 is 15.0 Å². The molecule has 0 atom stereocenters. The Morgan fingerprint density at radius 2 is 1.88 bits per heavy atom. The first kappa shape index (κ1) is 18.3. The van der Waals surface area contributed by atoms with E-state index < -0.39 is 0 Å². The number of nitrogens with zero attached hydrogens (tertiary/aromatic N) is 1. The van der Waals surface area contributed by atoms with Crippen LogP contribution in [-0.4, -0.2) is 37.4 Å². The second kappa shape index (κ2) is 8.68. The molecule has 0 aliphatic rings. The third-order valence-electron chi connectivity index (χ3n) is 3.60. The number of benzene rings is 2. The van der Waals surface area contributed by atoms with Gasteiger partial charge in [0.25, 0.3) is 0 Å². The molecule has 0 unspecified atom stereocenters. The largest absolute Gasteiger partial charge is 0.497 e. The number of rotatable bonds is 6. The summed E-state index contributed by atoms with van der Waals surface area (Å²) in [6.07, 6.45) is 3.13. The van der Waals surface area contributed by atoms with Crippen LogP contribution in [0.15, 0.2) is 54.6 Å². The SMILES string of the molecule is COc1cccc(/C=C/C(=O)N(C)CC(=O)Nc2ccc(C)cc2)c1. The maximum atomic E-state index is 12.1. The zero-order valence-corrected chi connectivity index (χ0v) is 14.7. The summed E-state index contributed by atoms with van der Waals surface area (Å²) in [5.41, 5.74) is 2.68. The molecule has 0 aliphatic carbocycles. The molecule has 0 fully saturated rings. The van der Waals surface area contributed by atoms with E-state index in [1.165, 1.54) is 11.0 Å². The highest BCUT2D eigenvalue weighted by molar-refractivity contribution is 5.97. The van der Waals surface area contributed by atoms with Crippen molar-refractivity contribution in [3.63, 3.8) is 0 Å². The monoisotopic (exact) mass is 338 g/mol. The number of nitrogens with one attached hydrogen (secondary N) is 1. The van der Waals surface area contributed by atoms with Crippen molar-refractivity contribution >= 4 is 23.6 Å². The zero-order chi connectivity index (χ0) is 18.2. The number of anilines is 1. The highest BCUT2D eigenvalue weighted by Crippen LogP contribution is 2.13. The van der Waals surface area contributed by atoms with Gasteiger partial charge in [-0.3, -0.25) is 9.59 Å². The van der Waals surface area contributed by atoms with Crippen LogP contribution >= 0.6 is 0 Å². The van der Waals surface area contributed by atoms with Gasteiger partial charge in [-0.1, -0.05) is 29.8 Å². The minimum atomic E-state index is -0.248. The van der Waals surface area contributed by atoms with Crippen LogP contribution in [0.1, 0.15) is 11.1 Å². The lowest BCUT2D eigenvalue weighted by molar-refractivity contribution is -0.129. The summed E-state index contributed by atoms with van der Waals surface area (Å²) < 4.78 is 5.14. The standard InChI is InChI=1S/C20H22N2O3/c1-15-7-10-17(11-8-15)21-19(23)14-22(2)20(24)12-9-16-5-4-6-18(13-16)25-3/h4-13H,14H2,1-3H3,(H,21,23)/b12-9+. The maximum absolute atomic E-state index is 12.1. The molecule has 0 aliphatic heterocycles. The minimum Gasteiger partial charge on any atom is -0.497 e.